The molecule has 0 spiro atoms. The summed E-state index contributed by atoms with van der Waals surface area (Å²) in [5.74, 6) is 1.80. The van der Waals surface area contributed by atoms with E-state index in [0.717, 1.165) is 34.0 Å². The van der Waals surface area contributed by atoms with E-state index in [0.29, 0.717) is 0 Å². The van der Waals surface area contributed by atoms with Crippen LogP contribution in [0.4, 0.5) is 0 Å². The zero-order chi connectivity index (χ0) is 13.0. The van der Waals surface area contributed by atoms with Gasteiger partial charge in [0.1, 0.15) is 17.6 Å². The van der Waals surface area contributed by atoms with Gasteiger partial charge in [0, 0.05) is 0 Å². The van der Waals surface area contributed by atoms with Crippen molar-refractivity contribution >= 4 is 27.3 Å². The number of rotatable bonds is 6. The average Bonchev–Trinajstić information content (AvgIpc) is 2.99. The molecule has 2 rings (SSSR count). The van der Waals surface area contributed by atoms with Gasteiger partial charge < -0.3 is 14.5 Å². The number of ether oxygens (including phenoxy) is 1. The molecule has 2 aromatic rings. The lowest BCUT2D eigenvalue weighted by atomic mass is 10.1. The van der Waals surface area contributed by atoms with Gasteiger partial charge in [0.05, 0.1) is 12.0 Å². The van der Waals surface area contributed by atoms with Crippen molar-refractivity contribution in [1.29, 1.82) is 0 Å². The molecule has 0 fully saturated rings. The van der Waals surface area contributed by atoms with Gasteiger partial charge in [-0.1, -0.05) is 6.92 Å². The molecule has 3 nitrogen and oxygen atoms in total. The first-order chi connectivity index (χ1) is 8.76. The van der Waals surface area contributed by atoms with Gasteiger partial charge in [-0.15, -0.1) is 11.3 Å². The minimum Gasteiger partial charge on any atom is -0.496 e. The topological polar surface area (TPSA) is 34.4 Å². The van der Waals surface area contributed by atoms with Crippen molar-refractivity contribution in [2.24, 2.45) is 0 Å². The molecule has 2 heterocycles. The predicted molar refractivity (Wildman–Crippen MR) is 77.4 cm³/mol. The number of nitrogens with one attached hydrogen (secondary N) is 1. The van der Waals surface area contributed by atoms with Crippen molar-refractivity contribution in [3.05, 3.63) is 38.9 Å². The summed E-state index contributed by atoms with van der Waals surface area (Å²) >= 11 is 5.02. The maximum atomic E-state index is 5.67. The standard InChI is InChI=1S/C13H16BrNO2S/c1-3-7-15-12(9-4-5-11(14)17-9)13-10(16-2)6-8-18-13/h4-6,8,12,15H,3,7H2,1-2H3. The molecule has 0 aromatic carbocycles. The first-order valence-corrected chi connectivity index (χ1v) is 7.53. The van der Waals surface area contributed by atoms with Crippen LogP contribution >= 0.6 is 27.3 Å². The van der Waals surface area contributed by atoms with Gasteiger partial charge in [0.2, 0.25) is 0 Å². The van der Waals surface area contributed by atoms with E-state index in [-0.39, 0.29) is 6.04 Å². The SMILES string of the molecule is CCCNC(c1ccc(Br)o1)c1sccc1OC. The van der Waals surface area contributed by atoms with Crippen LogP contribution < -0.4 is 10.1 Å². The molecular formula is C13H16BrNO2S. The third kappa shape index (κ3) is 2.96. The zero-order valence-electron chi connectivity index (χ0n) is 10.4. The Bertz CT molecular complexity index is 495. The van der Waals surface area contributed by atoms with Crippen LogP contribution in [0.15, 0.2) is 32.7 Å². The molecule has 98 valence electrons. The van der Waals surface area contributed by atoms with E-state index in [1.165, 1.54) is 0 Å². The van der Waals surface area contributed by atoms with Crippen LogP contribution in [0.2, 0.25) is 0 Å². The zero-order valence-corrected chi connectivity index (χ0v) is 12.8. The van der Waals surface area contributed by atoms with Crippen molar-refractivity contribution in [3.8, 4) is 5.75 Å². The largest absolute Gasteiger partial charge is 0.496 e. The highest BCUT2D eigenvalue weighted by Crippen LogP contribution is 2.35. The normalized spacial score (nSPS) is 12.6. The van der Waals surface area contributed by atoms with Crippen LogP contribution in [-0.2, 0) is 0 Å². The van der Waals surface area contributed by atoms with E-state index in [1.54, 1.807) is 18.4 Å². The molecule has 0 radical (unpaired) electrons. The molecule has 0 saturated carbocycles. The van der Waals surface area contributed by atoms with Crippen LogP contribution in [0.3, 0.4) is 0 Å². The number of furan rings is 1. The summed E-state index contributed by atoms with van der Waals surface area (Å²) in [7, 11) is 1.69. The first-order valence-electron chi connectivity index (χ1n) is 5.86. The minimum atomic E-state index is 0.0474. The summed E-state index contributed by atoms with van der Waals surface area (Å²) in [6, 6.07) is 5.93. The summed E-state index contributed by atoms with van der Waals surface area (Å²) in [5, 5.41) is 5.53. The van der Waals surface area contributed by atoms with Crippen molar-refractivity contribution in [2.45, 2.75) is 19.4 Å². The van der Waals surface area contributed by atoms with E-state index in [1.807, 2.05) is 23.6 Å². The van der Waals surface area contributed by atoms with Gasteiger partial charge in [0.15, 0.2) is 4.67 Å². The fraction of sp³-hybridized carbons (Fsp3) is 0.385. The van der Waals surface area contributed by atoms with Gasteiger partial charge in [-0.25, -0.2) is 0 Å². The number of hydrogen-bond donors (Lipinski definition) is 1. The molecule has 0 saturated heterocycles. The van der Waals surface area contributed by atoms with Gasteiger partial charge in [0.25, 0.3) is 0 Å². The third-order valence-electron chi connectivity index (χ3n) is 2.62. The van der Waals surface area contributed by atoms with Crippen molar-refractivity contribution < 1.29 is 9.15 Å². The molecular weight excluding hydrogens is 314 g/mol. The Kier molecular flexibility index (Phi) is 4.86. The molecule has 0 aliphatic rings. The highest BCUT2D eigenvalue weighted by molar-refractivity contribution is 9.10. The second kappa shape index (κ2) is 6.41. The smallest absolute Gasteiger partial charge is 0.169 e. The summed E-state index contributed by atoms with van der Waals surface area (Å²) in [5.41, 5.74) is 0. The summed E-state index contributed by atoms with van der Waals surface area (Å²) in [6.07, 6.45) is 1.08. The molecule has 5 heteroatoms. The Hall–Kier alpha value is -0.780. The van der Waals surface area contributed by atoms with Crippen LogP contribution in [0.25, 0.3) is 0 Å². The van der Waals surface area contributed by atoms with Crippen molar-refractivity contribution in [3.63, 3.8) is 0 Å². The van der Waals surface area contributed by atoms with Crippen LogP contribution in [0, 0.1) is 0 Å². The molecule has 1 unspecified atom stereocenters. The van der Waals surface area contributed by atoms with E-state index >= 15 is 0 Å². The Morgan fingerprint density at radius 3 is 2.89 bits per heavy atom. The van der Waals surface area contributed by atoms with E-state index in [9.17, 15) is 0 Å². The molecule has 0 aliphatic heterocycles. The summed E-state index contributed by atoms with van der Waals surface area (Å²) in [4.78, 5) is 1.15. The lowest BCUT2D eigenvalue weighted by molar-refractivity contribution is 0.394. The van der Waals surface area contributed by atoms with Crippen molar-refractivity contribution in [1.82, 2.24) is 5.32 Å². The number of methoxy groups -OCH3 is 1. The summed E-state index contributed by atoms with van der Waals surface area (Å²) < 4.78 is 11.8. The quantitative estimate of drug-likeness (QED) is 0.862. The van der Waals surface area contributed by atoms with Gasteiger partial charge in [-0.3, -0.25) is 0 Å². The number of thiophene rings is 1. The predicted octanol–water partition coefficient (Wildman–Crippen LogP) is 4.20. The maximum Gasteiger partial charge on any atom is 0.169 e. The Labute approximate surface area is 119 Å². The highest BCUT2D eigenvalue weighted by Gasteiger charge is 2.22. The van der Waals surface area contributed by atoms with E-state index < -0.39 is 0 Å². The molecule has 1 N–H and O–H groups in total. The Morgan fingerprint density at radius 1 is 1.44 bits per heavy atom. The van der Waals surface area contributed by atoms with Crippen LogP contribution in [0.1, 0.15) is 30.0 Å². The second-order valence-electron chi connectivity index (χ2n) is 3.88. The van der Waals surface area contributed by atoms with E-state index in [2.05, 4.69) is 28.2 Å². The van der Waals surface area contributed by atoms with Crippen LogP contribution in [-0.4, -0.2) is 13.7 Å². The maximum absolute atomic E-state index is 5.67. The molecule has 0 bridgehead atoms. The Balaban J connectivity index is 2.30. The lowest BCUT2D eigenvalue weighted by Crippen LogP contribution is -2.22. The molecule has 18 heavy (non-hydrogen) atoms. The fourth-order valence-corrected chi connectivity index (χ4v) is 3.04. The lowest BCUT2D eigenvalue weighted by Gasteiger charge is -2.16. The van der Waals surface area contributed by atoms with E-state index in [4.69, 9.17) is 9.15 Å². The third-order valence-corrected chi connectivity index (χ3v) is 4.01. The number of halogens is 1. The van der Waals surface area contributed by atoms with Crippen molar-refractivity contribution in [2.75, 3.05) is 13.7 Å². The van der Waals surface area contributed by atoms with Gasteiger partial charge in [-0.05, 0) is 52.5 Å². The molecule has 2 aromatic heterocycles. The number of hydrogen-bond acceptors (Lipinski definition) is 4. The monoisotopic (exact) mass is 329 g/mol. The van der Waals surface area contributed by atoms with Gasteiger partial charge >= 0.3 is 0 Å². The summed E-state index contributed by atoms with van der Waals surface area (Å²) in [6.45, 7) is 3.08. The Morgan fingerprint density at radius 2 is 2.28 bits per heavy atom. The first kappa shape index (κ1) is 13.6. The average molecular weight is 330 g/mol. The minimum absolute atomic E-state index is 0.0474. The fourth-order valence-electron chi connectivity index (χ4n) is 1.78. The second-order valence-corrected chi connectivity index (χ2v) is 5.61. The molecule has 0 amide bonds. The van der Waals surface area contributed by atoms with Gasteiger partial charge in [-0.2, -0.15) is 0 Å². The highest BCUT2D eigenvalue weighted by atomic mass is 79.9. The van der Waals surface area contributed by atoms with Crippen LogP contribution in [0.5, 0.6) is 5.75 Å². The molecule has 0 aliphatic carbocycles. The molecule has 1 atom stereocenters.